The third kappa shape index (κ3) is 3.59. The average Bonchev–Trinajstić information content (AvgIpc) is 2.45. The van der Waals surface area contributed by atoms with Crippen LogP contribution in [0.3, 0.4) is 0 Å². The van der Waals surface area contributed by atoms with Crippen molar-refractivity contribution in [2.45, 2.75) is 19.3 Å². The molecule has 1 N–H and O–H groups in total. The molecular formula is C15H18N2O4. The van der Waals surface area contributed by atoms with Gasteiger partial charge in [0, 0.05) is 32.2 Å². The van der Waals surface area contributed by atoms with Crippen molar-refractivity contribution in [2.75, 3.05) is 25.0 Å². The van der Waals surface area contributed by atoms with E-state index in [1.807, 2.05) is 18.2 Å². The molecule has 0 saturated carbocycles. The zero-order valence-corrected chi connectivity index (χ0v) is 11.9. The lowest BCUT2D eigenvalue weighted by Crippen LogP contribution is -2.53. The molecule has 1 aliphatic heterocycles. The number of amides is 2. The number of benzene rings is 1. The Bertz CT molecular complexity index is 571. The second kappa shape index (κ2) is 6.39. The maximum Gasteiger partial charge on any atom is 0.316 e. The number of aliphatic carboxylic acids is 1. The van der Waals surface area contributed by atoms with Gasteiger partial charge in [-0.15, -0.1) is 0 Å². The minimum atomic E-state index is -0.814. The van der Waals surface area contributed by atoms with E-state index in [0.29, 0.717) is 31.6 Å². The predicted octanol–water partition coefficient (Wildman–Crippen LogP) is 0.899. The summed E-state index contributed by atoms with van der Waals surface area (Å²) >= 11 is 0. The Balaban J connectivity index is 2.08. The van der Waals surface area contributed by atoms with Crippen molar-refractivity contribution in [1.29, 1.82) is 0 Å². The van der Waals surface area contributed by atoms with Gasteiger partial charge in [0.2, 0.25) is 0 Å². The highest BCUT2D eigenvalue weighted by molar-refractivity contribution is 6.40. The Hall–Kier alpha value is -2.37. The first kappa shape index (κ1) is 15.0. The van der Waals surface area contributed by atoms with Gasteiger partial charge >= 0.3 is 17.8 Å². The Morgan fingerprint density at radius 3 is 2.71 bits per heavy atom. The predicted molar refractivity (Wildman–Crippen MR) is 77.0 cm³/mol. The molecule has 1 saturated heterocycles. The van der Waals surface area contributed by atoms with Crippen LogP contribution in [0.25, 0.3) is 0 Å². The van der Waals surface area contributed by atoms with Gasteiger partial charge in [-0.1, -0.05) is 12.1 Å². The number of rotatable bonds is 5. The highest BCUT2D eigenvalue weighted by Gasteiger charge is 2.31. The Labute approximate surface area is 123 Å². The molecule has 0 bridgehead atoms. The molecule has 0 unspecified atom stereocenters. The van der Waals surface area contributed by atoms with E-state index in [1.54, 1.807) is 13.1 Å². The summed E-state index contributed by atoms with van der Waals surface area (Å²) < 4.78 is 0. The molecular weight excluding hydrogens is 272 g/mol. The van der Waals surface area contributed by atoms with Gasteiger partial charge in [0.25, 0.3) is 0 Å². The van der Waals surface area contributed by atoms with Gasteiger partial charge in [0.15, 0.2) is 0 Å². The molecule has 0 atom stereocenters. The van der Waals surface area contributed by atoms with E-state index in [1.165, 1.54) is 9.80 Å². The maximum atomic E-state index is 12.0. The highest BCUT2D eigenvalue weighted by Crippen LogP contribution is 2.20. The lowest BCUT2D eigenvalue weighted by Gasteiger charge is -2.31. The molecule has 2 amide bonds. The molecule has 0 spiro atoms. The minimum Gasteiger partial charge on any atom is -0.481 e. The molecule has 1 aromatic rings. The van der Waals surface area contributed by atoms with E-state index in [-0.39, 0.29) is 6.42 Å². The quantitative estimate of drug-likeness (QED) is 0.817. The number of anilines is 1. The van der Waals surface area contributed by atoms with Crippen molar-refractivity contribution in [3.8, 4) is 0 Å². The molecule has 112 valence electrons. The third-order valence-electron chi connectivity index (χ3n) is 3.51. The van der Waals surface area contributed by atoms with Crippen LogP contribution in [0.15, 0.2) is 24.3 Å². The standard InChI is InChI=1S/C15H18N2O4/c1-16-8-9-17(15(21)14(16)20)12-6-2-4-11(10-12)5-3-7-13(18)19/h2,4,6,10H,3,5,7-9H2,1H3,(H,18,19). The summed E-state index contributed by atoms with van der Waals surface area (Å²) in [6.45, 7) is 0.980. The zero-order chi connectivity index (χ0) is 15.4. The Morgan fingerprint density at radius 2 is 2.00 bits per heavy atom. The normalized spacial score (nSPS) is 15.5. The van der Waals surface area contributed by atoms with Crippen LogP contribution in [0.2, 0.25) is 0 Å². The fraction of sp³-hybridized carbons (Fsp3) is 0.400. The van der Waals surface area contributed by atoms with Crippen LogP contribution >= 0.6 is 0 Å². The van der Waals surface area contributed by atoms with Crippen LogP contribution in [0.4, 0.5) is 5.69 Å². The molecule has 21 heavy (non-hydrogen) atoms. The monoisotopic (exact) mass is 290 g/mol. The number of carbonyl (C=O) groups excluding carboxylic acids is 2. The summed E-state index contributed by atoms with van der Waals surface area (Å²) in [5.74, 6) is -1.84. The molecule has 6 heteroatoms. The van der Waals surface area contributed by atoms with Gasteiger partial charge in [0.1, 0.15) is 0 Å². The molecule has 1 aromatic carbocycles. The van der Waals surface area contributed by atoms with E-state index >= 15 is 0 Å². The van der Waals surface area contributed by atoms with Crippen molar-refractivity contribution >= 4 is 23.5 Å². The largest absolute Gasteiger partial charge is 0.481 e. The van der Waals surface area contributed by atoms with E-state index in [2.05, 4.69) is 0 Å². The summed E-state index contributed by atoms with van der Waals surface area (Å²) in [6.07, 6.45) is 1.31. The number of hydrogen-bond donors (Lipinski definition) is 1. The lowest BCUT2D eigenvalue weighted by molar-refractivity contribution is -0.145. The molecule has 6 nitrogen and oxygen atoms in total. The second-order valence-electron chi connectivity index (χ2n) is 5.10. The third-order valence-corrected chi connectivity index (χ3v) is 3.51. The van der Waals surface area contributed by atoms with Crippen LogP contribution in [0.1, 0.15) is 18.4 Å². The highest BCUT2D eigenvalue weighted by atomic mass is 16.4. The number of nitrogens with zero attached hydrogens (tertiary/aromatic N) is 2. The summed E-state index contributed by atoms with van der Waals surface area (Å²) in [7, 11) is 1.61. The van der Waals surface area contributed by atoms with Crippen LogP contribution in [-0.2, 0) is 20.8 Å². The Morgan fingerprint density at radius 1 is 1.24 bits per heavy atom. The lowest BCUT2D eigenvalue weighted by atomic mass is 10.1. The summed E-state index contributed by atoms with van der Waals surface area (Å²) in [5, 5.41) is 8.64. The van der Waals surface area contributed by atoms with Crippen molar-refractivity contribution < 1.29 is 19.5 Å². The number of carboxylic acids is 1. The smallest absolute Gasteiger partial charge is 0.316 e. The number of piperazine rings is 1. The summed E-state index contributed by atoms with van der Waals surface area (Å²) in [5.41, 5.74) is 1.65. The van der Waals surface area contributed by atoms with Crippen molar-refractivity contribution in [2.24, 2.45) is 0 Å². The maximum absolute atomic E-state index is 12.0. The van der Waals surface area contributed by atoms with Crippen molar-refractivity contribution in [1.82, 2.24) is 4.90 Å². The first-order valence-electron chi connectivity index (χ1n) is 6.86. The van der Waals surface area contributed by atoms with Gasteiger partial charge < -0.3 is 14.9 Å². The first-order chi connectivity index (χ1) is 9.99. The second-order valence-corrected chi connectivity index (χ2v) is 5.10. The van der Waals surface area contributed by atoms with Crippen LogP contribution in [-0.4, -0.2) is 47.9 Å². The molecule has 1 heterocycles. The fourth-order valence-corrected chi connectivity index (χ4v) is 2.30. The zero-order valence-electron chi connectivity index (χ0n) is 11.9. The van der Waals surface area contributed by atoms with Crippen LogP contribution in [0.5, 0.6) is 0 Å². The fourth-order valence-electron chi connectivity index (χ4n) is 2.30. The number of likely N-dealkylation sites (N-methyl/N-ethyl adjacent to an activating group) is 1. The Kier molecular flexibility index (Phi) is 4.57. The van der Waals surface area contributed by atoms with Gasteiger partial charge in [0.05, 0.1) is 0 Å². The van der Waals surface area contributed by atoms with Gasteiger partial charge in [-0.05, 0) is 30.5 Å². The number of carbonyl (C=O) groups is 3. The molecule has 2 rings (SSSR count). The van der Waals surface area contributed by atoms with Crippen molar-refractivity contribution in [3.05, 3.63) is 29.8 Å². The van der Waals surface area contributed by atoms with Crippen LogP contribution < -0.4 is 4.90 Å². The molecule has 0 aromatic heterocycles. The average molecular weight is 290 g/mol. The number of carboxylic acid groups (broad SMARTS) is 1. The van der Waals surface area contributed by atoms with Crippen molar-refractivity contribution in [3.63, 3.8) is 0 Å². The van der Waals surface area contributed by atoms with Crippen LogP contribution in [0, 0.1) is 0 Å². The van der Waals surface area contributed by atoms with E-state index in [4.69, 9.17) is 5.11 Å². The van der Waals surface area contributed by atoms with Gasteiger partial charge in [-0.25, -0.2) is 0 Å². The summed E-state index contributed by atoms with van der Waals surface area (Å²) in [4.78, 5) is 37.1. The van der Waals surface area contributed by atoms with E-state index < -0.39 is 17.8 Å². The van der Waals surface area contributed by atoms with Gasteiger partial charge in [-0.3, -0.25) is 14.4 Å². The topological polar surface area (TPSA) is 77.9 Å². The minimum absolute atomic E-state index is 0.121. The molecule has 0 radical (unpaired) electrons. The van der Waals surface area contributed by atoms with E-state index in [0.717, 1.165) is 5.56 Å². The molecule has 1 fully saturated rings. The number of aryl methyl sites for hydroxylation is 1. The number of hydrogen-bond acceptors (Lipinski definition) is 3. The molecule has 1 aliphatic rings. The first-order valence-corrected chi connectivity index (χ1v) is 6.86. The van der Waals surface area contributed by atoms with E-state index in [9.17, 15) is 14.4 Å². The van der Waals surface area contributed by atoms with Gasteiger partial charge in [-0.2, -0.15) is 0 Å². The molecule has 0 aliphatic carbocycles. The summed E-state index contributed by atoms with van der Waals surface area (Å²) in [6, 6.07) is 7.35. The SMILES string of the molecule is CN1CCN(c2cccc(CCCC(=O)O)c2)C(=O)C1=O.